The van der Waals surface area contributed by atoms with Gasteiger partial charge in [-0.15, -0.1) is 0 Å². The van der Waals surface area contributed by atoms with Crippen molar-refractivity contribution in [3.8, 4) is 17.9 Å². The van der Waals surface area contributed by atoms with Gasteiger partial charge in [-0.2, -0.15) is 18.4 Å². The Hall–Kier alpha value is -4.87. The Kier molecular flexibility index (Phi) is 9.93. The van der Waals surface area contributed by atoms with Crippen LogP contribution in [0.5, 0.6) is 0 Å². The van der Waals surface area contributed by atoms with Crippen LogP contribution in [0.1, 0.15) is 49.2 Å². The van der Waals surface area contributed by atoms with Gasteiger partial charge in [-0.3, -0.25) is 14.8 Å². The maximum absolute atomic E-state index is 13.5. The summed E-state index contributed by atoms with van der Waals surface area (Å²) in [5.41, 5.74) is 3.30. The van der Waals surface area contributed by atoms with Crippen molar-refractivity contribution < 1.29 is 18.0 Å². The molecule has 1 saturated heterocycles. The Morgan fingerprint density at radius 2 is 1.80 bits per heavy atom. The van der Waals surface area contributed by atoms with Gasteiger partial charge in [0.05, 0.1) is 47.7 Å². The van der Waals surface area contributed by atoms with Crippen molar-refractivity contribution in [3.05, 3.63) is 89.6 Å². The van der Waals surface area contributed by atoms with Crippen LogP contribution in [0.15, 0.2) is 67.1 Å². The summed E-state index contributed by atoms with van der Waals surface area (Å²) < 4.78 is 41.8. The van der Waals surface area contributed by atoms with Gasteiger partial charge in [0, 0.05) is 49.0 Å². The number of amides is 1. The number of nitrogens with zero attached hydrogens (tertiary/aromatic N) is 5. The lowest BCUT2D eigenvalue weighted by atomic mass is 9.91. The third kappa shape index (κ3) is 8.43. The SMILES string of the molecule is CC(C)(C#N)c1ccc(NCC#Cc2cc3cc(CNC4CCN(C(=O)Cc5ccncc5)CC4)ccc3n2CC(F)(F)F)cn1. The van der Waals surface area contributed by atoms with Gasteiger partial charge < -0.3 is 20.1 Å². The number of rotatable bonds is 9. The molecule has 0 unspecified atom stereocenters. The second-order valence-electron chi connectivity index (χ2n) is 12.0. The number of anilines is 1. The molecular weight excluding hydrogens is 591 g/mol. The molecule has 2 N–H and O–H groups in total. The highest BCUT2D eigenvalue weighted by Crippen LogP contribution is 2.27. The first kappa shape index (κ1) is 32.5. The van der Waals surface area contributed by atoms with Crippen LogP contribution in [-0.2, 0) is 29.7 Å². The summed E-state index contributed by atoms with van der Waals surface area (Å²) >= 11 is 0. The number of nitriles is 1. The molecule has 238 valence electrons. The van der Waals surface area contributed by atoms with Crippen molar-refractivity contribution >= 4 is 22.5 Å². The lowest BCUT2D eigenvalue weighted by molar-refractivity contribution is -0.140. The van der Waals surface area contributed by atoms with E-state index in [2.05, 4.69) is 38.5 Å². The van der Waals surface area contributed by atoms with E-state index >= 15 is 0 Å². The Bertz CT molecular complexity index is 1760. The van der Waals surface area contributed by atoms with Gasteiger partial charge in [-0.1, -0.05) is 12.0 Å². The van der Waals surface area contributed by atoms with Crippen molar-refractivity contribution in [1.29, 1.82) is 5.26 Å². The standard InChI is InChI=1S/C35H36F3N7O/c1-34(2,23-39)32-8-6-29(22-43-32)41-13-3-4-30-20-27-18-26(5-7-31(27)45(30)24-35(36,37)38)21-42-28-11-16-44(17-12-28)33(46)19-25-9-14-40-15-10-25/h5-10,14-15,18,20,22,28,41-42H,11-13,16-17,19,21,24H2,1-2H3. The monoisotopic (exact) mass is 627 g/mol. The highest BCUT2D eigenvalue weighted by Gasteiger charge is 2.30. The summed E-state index contributed by atoms with van der Waals surface area (Å²) in [6.45, 7) is 4.57. The topological polar surface area (TPSA) is 98.9 Å². The minimum Gasteiger partial charge on any atom is -0.373 e. The summed E-state index contributed by atoms with van der Waals surface area (Å²) in [6, 6.07) is 16.9. The molecule has 0 atom stereocenters. The van der Waals surface area contributed by atoms with Crippen molar-refractivity contribution in [3.63, 3.8) is 0 Å². The van der Waals surface area contributed by atoms with Gasteiger partial charge in [0.15, 0.2) is 0 Å². The molecule has 0 saturated carbocycles. The summed E-state index contributed by atoms with van der Waals surface area (Å²) in [5, 5.41) is 16.6. The van der Waals surface area contributed by atoms with Crippen LogP contribution in [0.3, 0.4) is 0 Å². The number of benzene rings is 1. The molecule has 46 heavy (non-hydrogen) atoms. The predicted octanol–water partition coefficient (Wildman–Crippen LogP) is 5.58. The van der Waals surface area contributed by atoms with Gasteiger partial charge in [0.1, 0.15) is 6.54 Å². The van der Waals surface area contributed by atoms with Gasteiger partial charge in [-0.05, 0) is 86.2 Å². The number of likely N-dealkylation sites (tertiary alicyclic amines) is 1. The highest BCUT2D eigenvalue weighted by molar-refractivity contribution is 5.83. The number of aromatic nitrogens is 3. The Morgan fingerprint density at radius 3 is 2.48 bits per heavy atom. The molecule has 5 rings (SSSR count). The lowest BCUT2D eigenvalue weighted by Crippen LogP contribution is -2.45. The minimum atomic E-state index is -4.40. The van der Waals surface area contributed by atoms with Gasteiger partial charge in [0.25, 0.3) is 0 Å². The van der Waals surface area contributed by atoms with E-state index in [4.69, 9.17) is 0 Å². The summed E-state index contributed by atoms with van der Waals surface area (Å²) in [4.78, 5) is 22.9. The number of nitrogens with one attached hydrogen (secondary N) is 2. The fraction of sp³-hybridized carbons (Fsp3) is 0.371. The zero-order valence-corrected chi connectivity index (χ0v) is 25.9. The van der Waals surface area contributed by atoms with E-state index in [-0.39, 0.29) is 24.2 Å². The van der Waals surface area contributed by atoms with Gasteiger partial charge >= 0.3 is 6.18 Å². The normalized spacial score (nSPS) is 14.0. The molecule has 0 aliphatic carbocycles. The summed E-state index contributed by atoms with van der Waals surface area (Å²) in [5.74, 6) is 5.95. The van der Waals surface area contributed by atoms with Gasteiger partial charge in [0.2, 0.25) is 5.91 Å². The molecule has 0 radical (unpaired) electrons. The van der Waals surface area contributed by atoms with Crippen LogP contribution in [0.4, 0.5) is 18.9 Å². The van der Waals surface area contributed by atoms with Crippen molar-refractivity contribution in [2.24, 2.45) is 0 Å². The number of hydrogen-bond donors (Lipinski definition) is 2. The highest BCUT2D eigenvalue weighted by atomic mass is 19.4. The fourth-order valence-electron chi connectivity index (χ4n) is 5.47. The van der Waals surface area contributed by atoms with E-state index in [1.54, 1.807) is 56.7 Å². The number of piperidine rings is 1. The fourth-order valence-corrected chi connectivity index (χ4v) is 5.47. The molecule has 11 heteroatoms. The molecule has 1 amide bonds. The molecule has 4 heterocycles. The Labute approximate surface area is 266 Å². The molecule has 1 aliphatic heterocycles. The Balaban J connectivity index is 1.19. The Morgan fingerprint density at radius 1 is 1.04 bits per heavy atom. The minimum absolute atomic E-state index is 0.111. The van der Waals surface area contributed by atoms with Crippen LogP contribution in [0.25, 0.3) is 10.9 Å². The molecule has 4 aromatic rings. The molecule has 1 aliphatic rings. The number of halogens is 3. The average Bonchev–Trinajstić information content (AvgIpc) is 3.37. The number of hydrogen-bond acceptors (Lipinski definition) is 6. The third-order valence-corrected chi connectivity index (χ3v) is 8.13. The van der Waals surface area contributed by atoms with E-state index in [9.17, 15) is 23.2 Å². The summed E-state index contributed by atoms with van der Waals surface area (Å²) in [7, 11) is 0. The number of pyridine rings is 2. The van der Waals surface area contributed by atoms with Gasteiger partial charge in [-0.25, -0.2) is 0 Å². The van der Waals surface area contributed by atoms with Crippen molar-refractivity contribution in [2.45, 2.75) is 63.8 Å². The van der Waals surface area contributed by atoms with E-state index in [1.807, 2.05) is 29.2 Å². The van der Waals surface area contributed by atoms with Crippen molar-refractivity contribution in [2.75, 3.05) is 25.0 Å². The molecule has 1 fully saturated rings. The maximum Gasteiger partial charge on any atom is 0.406 e. The first-order valence-electron chi connectivity index (χ1n) is 15.2. The zero-order valence-electron chi connectivity index (χ0n) is 25.9. The number of carbonyl (C=O) groups excluding carboxylic acids is 1. The number of fused-ring (bicyclic) bond motifs is 1. The quantitative estimate of drug-likeness (QED) is 0.235. The van der Waals surface area contributed by atoms with Crippen molar-refractivity contribution in [1.82, 2.24) is 24.8 Å². The lowest BCUT2D eigenvalue weighted by Gasteiger charge is -2.32. The van der Waals surface area contributed by atoms with E-state index in [0.29, 0.717) is 48.3 Å². The predicted molar refractivity (Wildman–Crippen MR) is 171 cm³/mol. The second-order valence-corrected chi connectivity index (χ2v) is 12.0. The van der Waals surface area contributed by atoms with Crippen LogP contribution in [0, 0.1) is 23.2 Å². The number of alkyl halides is 3. The van der Waals surface area contributed by atoms with Crippen LogP contribution in [0.2, 0.25) is 0 Å². The smallest absolute Gasteiger partial charge is 0.373 e. The first-order chi connectivity index (χ1) is 22.0. The first-order valence-corrected chi connectivity index (χ1v) is 15.2. The molecular formula is C35H36F3N7O. The second kappa shape index (κ2) is 14.1. The molecule has 8 nitrogen and oxygen atoms in total. The number of carbonyl (C=O) groups is 1. The zero-order chi connectivity index (χ0) is 32.7. The van der Waals surface area contributed by atoms with Crippen LogP contribution >= 0.6 is 0 Å². The largest absolute Gasteiger partial charge is 0.406 e. The van der Waals surface area contributed by atoms with E-state index in [0.717, 1.165) is 24.0 Å². The third-order valence-electron chi connectivity index (χ3n) is 8.13. The van der Waals surface area contributed by atoms with E-state index in [1.165, 1.54) is 4.57 Å². The maximum atomic E-state index is 13.5. The molecule has 3 aromatic heterocycles. The average molecular weight is 628 g/mol. The molecule has 0 spiro atoms. The molecule has 1 aromatic carbocycles. The summed E-state index contributed by atoms with van der Waals surface area (Å²) in [6.07, 6.45) is 2.61. The van der Waals surface area contributed by atoms with E-state index < -0.39 is 18.1 Å². The molecule has 0 bridgehead atoms. The van der Waals surface area contributed by atoms with Crippen LogP contribution in [-0.4, -0.2) is 57.2 Å². The van der Waals surface area contributed by atoms with Crippen LogP contribution < -0.4 is 10.6 Å².